The fourth-order valence-corrected chi connectivity index (χ4v) is 2.94. The summed E-state index contributed by atoms with van der Waals surface area (Å²) in [4.78, 5) is 14.8. The summed E-state index contributed by atoms with van der Waals surface area (Å²) >= 11 is 0. The molecule has 3 fully saturated rings. The number of hydrogen-bond donors (Lipinski definition) is 1. The van der Waals surface area contributed by atoms with Gasteiger partial charge >= 0.3 is 0 Å². The molecule has 18 heavy (non-hydrogen) atoms. The zero-order valence-corrected chi connectivity index (χ0v) is 11.2. The number of nitrogens with one attached hydrogen (secondary N) is 1. The molecule has 2 atom stereocenters. The summed E-state index contributed by atoms with van der Waals surface area (Å²) in [5.74, 6) is 1.70. The van der Waals surface area contributed by atoms with Crippen molar-refractivity contribution in [3.63, 3.8) is 0 Å². The van der Waals surface area contributed by atoms with Crippen LogP contribution in [0.5, 0.6) is 0 Å². The van der Waals surface area contributed by atoms with Gasteiger partial charge in [0.25, 0.3) is 0 Å². The minimum Gasteiger partial charge on any atom is -0.381 e. The van der Waals surface area contributed by atoms with Crippen LogP contribution >= 0.6 is 0 Å². The van der Waals surface area contributed by atoms with E-state index < -0.39 is 0 Å². The molecular formula is C14H24N2O2. The van der Waals surface area contributed by atoms with Gasteiger partial charge in [0, 0.05) is 31.0 Å². The first-order valence-electron chi connectivity index (χ1n) is 7.34. The molecule has 4 nitrogen and oxygen atoms in total. The summed E-state index contributed by atoms with van der Waals surface area (Å²) in [6.45, 7) is 6.77. The van der Waals surface area contributed by atoms with Crippen LogP contribution in [0.3, 0.4) is 0 Å². The Morgan fingerprint density at radius 3 is 2.67 bits per heavy atom. The van der Waals surface area contributed by atoms with Crippen molar-refractivity contribution in [2.75, 3.05) is 32.8 Å². The minimum atomic E-state index is 0.189. The number of amides is 1. The van der Waals surface area contributed by atoms with E-state index in [4.69, 9.17) is 4.74 Å². The molecule has 0 spiro atoms. The van der Waals surface area contributed by atoms with E-state index in [9.17, 15) is 4.79 Å². The summed E-state index contributed by atoms with van der Waals surface area (Å²) in [5.41, 5.74) is 0. The quantitative estimate of drug-likeness (QED) is 0.789. The van der Waals surface area contributed by atoms with E-state index in [1.807, 2.05) is 0 Å². The summed E-state index contributed by atoms with van der Waals surface area (Å²) in [5, 5.41) is 3.26. The van der Waals surface area contributed by atoms with Crippen LogP contribution < -0.4 is 5.32 Å². The molecule has 3 rings (SSSR count). The number of carbonyl (C=O) groups excluding carboxylic acids is 1. The molecule has 2 heterocycles. The molecule has 1 N–H and O–H groups in total. The lowest BCUT2D eigenvalue weighted by Crippen LogP contribution is -2.51. The second kappa shape index (κ2) is 5.17. The van der Waals surface area contributed by atoms with Gasteiger partial charge in [-0.3, -0.25) is 4.79 Å². The van der Waals surface area contributed by atoms with Gasteiger partial charge in [0.05, 0.1) is 6.61 Å². The largest absolute Gasteiger partial charge is 0.381 e. The maximum Gasteiger partial charge on any atom is 0.226 e. The predicted molar refractivity (Wildman–Crippen MR) is 69.2 cm³/mol. The summed E-state index contributed by atoms with van der Waals surface area (Å²) < 4.78 is 5.43. The third kappa shape index (κ3) is 2.54. The lowest BCUT2D eigenvalue weighted by molar-refractivity contribution is -0.138. The maximum atomic E-state index is 12.6. The molecule has 4 heteroatoms. The fourth-order valence-electron chi connectivity index (χ4n) is 2.94. The second-order valence-electron chi connectivity index (χ2n) is 6.16. The van der Waals surface area contributed by atoms with Crippen LogP contribution in [0.1, 0.15) is 26.2 Å². The molecule has 2 unspecified atom stereocenters. The van der Waals surface area contributed by atoms with Crippen LogP contribution in [0.15, 0.2) is 0 Å². The van der Waals surface area contributed by atoms with E-state index >= 15 is 0 Å². The SMILES string of the molecule is CC(C(=O)N(CC1CCOC1)C1CC1)C1CNC1. The number of ether oxygens (including phenoxy) is 1. The molecule has 2 saturated heterocycles. The summed E-state index contributed by atoms with van der Waals surface area (Å²) in [6, 6.07) is 0.536. The van der Waals surface area contributed by atoms with E-state index in [1.165, 1.54) is 12.8 Å². The Labute approximate surface area is 109 Å². The van der Waals surface area contributed by atoms with E-state index in [-0.39, 0.29) is 5.92 Å². The molecule has 2 aliphatic heterocycles. The molecule has 0 aromatic heterocycles. The Morgan fingerprint density at radius 1 is 1.39 bits per heavy atom. The van der Waals surface area contributed by atoms with Gasteiger partial charge < -0.3 is 15.0 Å². The van der Waals surface area contributed by atoms with E-state index in [2.05, 4.69) is 17.1 Å². The fraction of sp³-hybridized carbons (Fsp3) is 0.929. The summed E-state index contributed by atoms with van der Waals surface area (Å²) in [7, 11) is 0. The average Bonchev–Trinajstić information content (AvgIpc) is 3.00. The molecule has 1 amide bonds. The van der Waals surface area contributed by atoms with Crippen molar-refractivity contribution < 1.29 is 9.53 Å². The lowest BCUT2D eigenvalue weighted by Gasteiger charge is -2.36. The summed E-state index contributed by atoms with van der Waals surface area (Å²) in [6.07, 6.45) is 3.53. The van der Waals surface area contributed by atoms with Gasteiger partial charge in [-0.25, -0.2) is 0 Å². The highest BCUT2D eigenvalue weighted by Crippen LogP contribution is 2.31. The average molecular weight is 252 g/mol. The van der Waals surface area contributed by atoms with Gasteiger partial charge in [-0.15, -0.1) is 0 Å². The minimum absolute atomic E-state index is 0.189. The third-order valence-corrected chi connectivity index (χ3v) is 4.66. The second-order valence-corrected chi connectivity index (χ2v) is 6.16. The molecule has 0 aromatic carbocycles. The first-order chi connectivity index (χ1) is 8.75. The van der Waals surface area contributed by atoms with Gasteiger partial charge in [-0.05, 0) is 38.3 Å². The topological polar surface area (TPSA) is 41.6 Å². The van der Waals surface area contributed by atoms with Crippen molar-refractivity contribution >= 4 is 5.91 Å². The number of carbonyl (C=O) groups is 1. The molecule has 0 bridgehead atoms. The molecule has 0 aromatic rings. The van der Waals surface area contributed by atoms with Crippen molar-refractivity contribution in [3.8, 4) is 0 Å². The van der Waals surface area contributed by atoms with Crippen molar-refractivity contribution in [1.29, 1.82) is 0 Å². The van der Waals surface area contributed by atoms with Gasteiger partial charge in [0.15, 0.2) is 0 Å². The van der Waals surface area contributed by atoms with Crippen LogP contribution in [-0.4, -0.2) is 49.7 Å². The lowest BCUT2D eigenvalue weighted by atomic mass is 9.87. The van der Waals surface area contributed by atoms with Crippen molar-refractivity contribution in [3.05, 3.63) is 0 Å². The van der Waals surface area contributed by atoms with Gasteiger partial charge in [0.1, 0.15) is 0 Å². The van der Waals surface area contributed by atoms with Crippen LogP contribution in [0.4, 0.5) is 0 Å². The normalized spacial score (nSPS) is 29.9. The van der Waals surface area contributed by atoms with Crippen molar-refractivity contribution in [2.45, 2.75) is 32.2 Å². The van der Waals surface area contributed by atoms with E-state index in [0.29, 0.717) is 23.8 Å². The Hall–Kier alpha value is -0.610. The molecule has 1 saturated carbocycles. The van der Waals surface area contributed by atoms with Crippen LogP contribution in [-0.2, 0) is 9.53 Å². The highest BCUT2D eigenvalue weighted by Gasteiger charge is 2.39. The standard InChI is InChI=1S/C14H24N2O2/c1-10(12-6-15-7-12)14(17)16(13-2-3-13)8-11-4-5-18-9-11/h10-13,15H,2-9H2,1H3. The van der Waals surface area contributed by atoms with Crippen molar-refractivity contribution in [1.82, 2.24) is 10.2 Å². The molecule has 102 valence electrons. The molecule has 0 radical (unpaired) electrons. The van der Waals surface area contributed by atoms with E-state index in [1.54, 1.807) is 0 Å². The highest BCUT2D eigenvalue weighted by atomic mass is 16.5. The van der Waals surface area contributed by atoms with Gasteiger partial charge in [-0.2, -0.15) is 0 Å². The first-order valence-corrected chi connectivity index (χ1v) is 7.34. The Morgan fingerprint density at radius 2 is 2.17 bits per heavy atom. The van der Waals surface area contributed by atoms with Crippen LogP contribution in [0.2, 0.25) is 0 Å². The molecule has 3 aliphatic rings. The number of rotatable bonds is 5. The number of nitrogens with zero attached hydrogens (tertiary/aromatic N) is 1. The van der Waals surface area contributed by atoms with Crippen LogP contribution in [0, 0.1) is 17.8 Å². The van der Waals surface area contributed by atoms with Gasteiger partial charge in [-0.1, -0.05) is 6.92 Å². The Kier molecular flexibility index (Phi) is 3.57. The van der Waals surface area contributed by atoms with E-state index in [0.717, 1.165) is 39.3 Å². The van der Waals surface area contributed by atoms with Crippen LogP contribution in [0.25, 0.3) is 0 Å². The molecular weight excluding hydrogens is 228 g/mol. The molecule has 1 aliphatic carbocycles. The predicted octanol–water partition coefficient (Wildman–Crippen LogP) is 0.869. The maximum absolute atomic E-state index is 12.6. The number of hydrogen-bond acceptors (Lipinski definition) is 3. The van der Waals surface area contributed by atoms with Gasteiger partial charge in [0.2, 0.25) is 5.91 Å². The Bertz CT molecular complexity index is 307. The Balaban J connectivity index is 1.59. The highest BCUT2D eigenvalue weighted by molar-refractivity contribution is 5.79. The van der Waals surface area contributed by atoms with Crippen molar-refractivity contribution in [2.24, 2.45) is 17.8 Å². The zero-order chi connectivity index (χ0) is 12.5. The monoisotopic (exact) mass is 252 g/mol. The smallest absolute Gasteiger partial charge is 0.226 e. The first kappa shape index (κ1) is 12.4. The third-order valence-electron chi connectivity index (χ3n) is 4.66. The zero-order valence-electron chi connectivity index (χ0n) is 11.2.